The average molecular weight is 163 g/mol. The van der Waals surface area contributed by atoms with Gasteiger partial charge in [0, 0.05) is 0 Å². The van der Waals surface area contributed by atoms with E-state index in [1.54, 1.807) is 6.08 Å². The van der Waals surface area contributed by atoms with Crippen LogP contribution in [0.15, 0.2) is 36.5 Å². The summed E-state index contributed by atoms with van der Waals surface area (Å²) in [5, 5.41) is 8.34. The maximum atomic E-state index is 8.34. The van der Waals surface area contributed by atoms with Crippen LogP contribution in [0.1, 0.15) is 27.2 Å². The van der Waals surface area contributed by atoms with Crippen molar-refractivity contribution in [3.8, 4) is 6.07 Å². The van der Waals surface area contributed by atoms with Crippen molar-refractivity contribution in [1.82, 2.24) is 0 Å². The fourth-order valence-corrected chi connectivity index (χ4v) is 0.402. The number of nitrogens with zero attached hydrogens (tertiary/aromatic N) is 1. The van der Waals surface area contributed by atoms with Crippen molar-refractivity contribution in [2.75, 3.05) is 0 Å². The first kappa shape index (κ1) is 13.3. The largest absolute Gasteiger partial charge is 0.192 e. The van der Waals surface area contributed by atoms with Crippen LogP contribution in [0.3, 0.4) is 0 Å². The summed E-state index contributed by atoms with van der Waals surface area (Å²) in [5.41, 5.74) is 1.42. The first-order chi connectivity index (χ1) is 5.62. The van der Waals surface area contributed by atoms with Crippen molar-refractivity contribution in [3.63, 3.8) is 0 Å². The molecule has 0 aliphatic rings. The predicted octanol–water partition coefficient (Wildman–Crippen LogP) is 3.61. The maximum Gasteiger partial charge on any atom is 0.0991 e. The minimum absolute atomic E-state index is 0.558. The number of rotatable bonds is 2. The molecule has 0 aromatic carbocycles. The van der Waals surface area contributed by atoms with Crippen LogP contribution in [0, 0.1) is 11.3 Å². The third-order valence-corrected chi connectivity index (χ3v) is 0.751. The molecule has 0 rings (SSSR count). The standard InChI is InChI=1S/C8H9N.C3H8/c1-4-8(6-9)5-7(2)3;1-3-2/h4-5H,1-2H2,3H3;3H2,1-2H3/b8-5+;. The maximum absolute atomic E-state index is 8.34. The zero-order valence-corrected chi connectivity index (χ0v) is 8.22. The topological polar surface area (TPSA) is 23.8 Å². The highest BCUT2D eigenvalue weighted by atomic mass is 14.2. The first-order valence-corrected chi connectivity index (χ1v) is 4.02. The van der Waals surface area contributed by atoms with Gasteiger partial charge in [-0.1, -0.05) is 45.1 Å². The molecule has 0 spiro atoms. The molecule has 0 amide bonds. The molecule has 0 aliphatic heterocycles. The summed E-state index contributed by atoms with van der Waals surface area (Å²) in [6.07, 6.45) is 4.45. The molecule has 0 atom stereocenters. The Balaban J connectivity index is 0. The number of hydrogen-bond donors (Lipinski definition) is 0. The van der Waals surface area contributed by atoms with Crippen molar-refractivity contribution in [3.05, 3.63) is 36.5 Å². The van der Waals surface area contributed by atoms with Gasteiger partial charge in [0.2, 0.25) is 0 Å². The minimum Gasteiger partial charge on any atom is -0.192 e. The molecular weight excluding hydrogens is 146 g/mol. The van der Waals surface area contributed by atoms with E-state index in [0.717, 1.165) is 5.57 Å². The fourth-order valence-electron chi connectivity index (χ4n) is 0.402. The van der Waals surface area contributed by atoms with Gasteiger partial charge in [-0.25, -0.2) is 0 Å². The molecular formula is C11H17N. The minimum atomic E-state index is 0.558. The lowest BCUT2D eigenvalue weighted by Crippen LogP contribution is -1.70. The molecule has 0 N–H and O–H groups in total. The second kappa shape index (κ2) is 9.71. The van der Waals surface area contributed by atoms with E-state index >= 15 is 0 Å². The Kier molecular flexibility index (Phi) is 10.8. The lowest BCUT2D eigenvalue weighted by Gasteiger charge is -1.85. The van der Waals surface area contributed by atoms with E-state index in [-0.39, 0.29) is 0 Å². The Labute approximate surface area is 75.7 Å². The Bertz CT molecular complexity index is 204. The summed E-state index contributed by atoms with van der Waals surface area (Å²) >= 11 is 0. The summed E-state index contributed by atoms with van der Waals surface area (Å²) in [6.45, 7) is 13.2. The van der Waals surface area contributed by atoms with Gasteiger partial charge in [-0.15, -0.1) is 0 Å². The van der Waals surface area contributed by atoms with Crippen molar-refractivity contribution in [2.45, 2.75) is 27.2 Å². The molecule has 0 fully saturated rings. The van der Waals surface area contributed by atoms with Gasteiger partial charge >= 0.3 is 0 Å². The Morgan fingerprint density at radius 1 is 1.50 bits per heavy atom. The number of nitriles is 1. The summed E-state index contributed by atoms with van der Waals surface area (Å²) in [7, 11) is 0. The molecule has 0 bridgehead atoms. The van der Waals surface area contributed by atoms with Gasteiger partial charge in [0.25, 0.3) is 0 Å². The molecule has 0 aliphatic carbocycles. The van der Waals surface area contributed by atoms with E-state index in [2.05, 4.69) is 27.0 Å². The van der Waals surface area contributed by atoms with Crippen LogP contribution in [0.2, 0.25) is 0 Å². The van der Waals surface area contributed by atoms with Gasteiger partial charge in [0.1, 0.15) is 0 Å². The van der Waals surface area contributed by atoms with E-state index in [1.165, 1.54) is 12.5 Å². The molecule has 1 nitrogen and oxygen atoms in total. The van der Waals surface area contributed by atoms with Crippen LogP contribution in [0.4, 0.5) is 0 Å². The smallest absolute Gasteiger partial charge is 0.0991 e. The van der Waals surface area contributed by atoms with E-state index in [4.69, 9.17) is 5.26 Å². The van der Waals surface area contributed by atoms with Crippen LogP contribution >= 0.6 is 0 Å². The fraction of sp³-hybridized carbons (Fsp3) is 0.364. The van der Waals surface area contributed by atoms with E-state index in [0.29, 0.717) is 5.57 Å². The van der Waals surface area contributed by atoms with Crippen LogP contribution in [-0.2, 0) is 0 Å². The summed E-state index contributed by atoms with van der Waals surface area (Å²) in [6, 6.07) is 1.97. The van der Waals surface area contributed by atoms with Crippen LogP contribution < -0.4 is 0 Å². The molecule has 0 saturated heterocycles. The highest BCUT2D eigenvalue weighted by Crippen LogP contribution is 1.98. The highest BCUT2D eigenvalue weighted by molar-refractivity contribution is 5.36. The van der Waals surface area contributed by atoms with Gasteiger partial charge in [-0.2, -0.15) is 5.26 Å². The lowest BCUT2D eigenvalue weighted by atomic mass is 10.2. The van der Waals surface area contributed by atoms with Gasteiger partial charge in [0.05, 0.1) is 11.6 Å². The Morgan fingerprint density at radius 2 is 1.92 bits per heavy atom. The monoisotopic (exact) mass is 163 g/mol. The molecule has 12 heavy (non-hydrogen) atoms. The number of allylic oxidation sites excluding steroid dienone is 4. The third-order valence-electron chi connectivity index (χ3n) is 0.751. The van der Waals surface area contributed by atoms with E-state index < -0.39 is 0 Å². The molecule has 66 valence electrons. The van der Waals surface area contributed by atoms with Crippen LogP contribution in [0.5, 0.6) is 0 Å². The van der Waals surface area contributed by atoms with Gasteiger partial charge in [0.15, 0.2) is 0 Å². The predicted molar refractivity (Wildman–Crippen MR) is 54.7 cm³/mol. The zero-order chi connectivity index (χ0) is 9.98. The summed E-state index contributed by atoms with van der Waals surface area (Å²) in [5.74, 6) is 0. The van der Waals surface area contributed by atoms with Gasteiger partial charge < -0.3 is 0 Å². The zero-order valence-electron chi connectivity index (χ0n) is 8.22. The average Bonchev–Trinajstić information content (AvgIpc) is 2.01. The summed E-state index contributed by atoms with van der Waals surface area (Å²) < 4.78 is 0. The normalized spacial score (nSPS) is 9.00. The summed E-state index contributed by atoms with van der Waals surface area (Å²) in [4.78, 5) is 0. The lowest BCUT2D eigenvalue weighted by molar-refractivity contribution is 1.09. The second-order valence-electron chi connectivity index (χ2n) is 2.47. The van der Waals surface area contributed by atoms with E-state index in [1.807, 2.05) is 13.0 Å². The van der Waals surface area contributed by atoms with Crippen molar-refractivity contribution in [2.24, 2.45) is 0 Å². The van der Waals surface area contributed by atoms with Crippen LogP contribution in [0.25, 0.3) is 0 Å². The van der Waals surface area contributed by atoms with Crippen molar-refractivity contribution in [1.29, 1.82) is 5.26 Å². The molecule has 0 heterocycles. The van der Waals surface area contributed by atoms with Gasteiger partial charge in [-0.05, 0) is 13.0 Å². The highest BCUT2D eigenvalue weighted by Gasteiger charge is 1.83. The van der Waals surface area contributed by atoms with Crippen LogP contribution in [-0.4, -0.2) is 0 Å². The SMILES string of the molecule is C=C/C(C#N)=C\C(=C)C.CCC. The molecule has 0 radical (unpaired) electrons. The molecule has 0 unspecified atom stereocenters. The van der Waals surface area contributed by atoms with Crippen molar-refractivity contribution >= 4 is 0 Å². The Morgan fingerprint density at radius 3 is 2.00 bits per heavy atom. The molecule has 0 saturated carbocycles. The first-order valence-electron chi connectivity index (χ1n) is 4.02. The third kappa shape index (κ3) is 11.5. The van der Waals surface area contributed by atoms with Gasteiger partial charge in [-0.3, -0.25) is 0 Å². The van der Waals surface area contributed by atoms with Crippen molar-refractivity contribution < 1.29 is 0 Å². The Hall–Kier alpha value is -1.29. The molecule has 0 aromatic rings. The second-order valence-corrected chi connectivity index (χ2v) is 2.47. The molecule has 0 aromatic heterocycles. The molecule has 1 heteroatoms. The number of hydrogen-bond acceptors (Lipinski definition) is 1. The van der Waals surface area contributed by atoms with E-state index in [9.17, 15) is 0 Å². The quantitative estimate of drug-likeness (QED) is 0.450.